The van der Waals surface area contributed by atoms with Crippen LogP contribution in [-0.4, -0.2) is 74.6 Å². The Morgan fingerprint density at radius 3 is 1.02 bits per heavy atom. The van der Waals surface area contributed by atoms with Crippen LogP contribution >= 0.6 is 0 Å². The van der Waals surface area contributed by atoms with E-state index in [1.165, 1.54) is 25.7 Å². The van der Waals surface area contributed by atoms with E-state index in [9.17, 15) is 29.1 Å². The number of aliphatic hydroxyl groups is 1. The highest BCUT2D eigenvalue weighted by Crippen LogP contribution is 2.15. The second-order valence-electron chi connectivity index (χ2n) is 15.1. The summed E-state index contributed by atoms with van der Waals surface area (Å²) in [5.74, 6) is -2.21. The molecule has 0 aromatic heterocycles. The van der Waals surface area contributed by atoms with Crippen LogP contribution in [0.4, 0.5) is 0 Å². The molecule has 0 saturated heterocycles. The van der Waals surface area contributed by atoms with Gasteiger partial charge >= 0.3 is 29.8 Å². The van der Waals surface area contributed by atoms with E-state index in [1.807, 2.05) is 0 Å². The number of hydrogen-bond acceptors (Lipinski definition) is 11. The molecule has 0 aliphatic carbocycles. The average molecular weight is 785 g/mol. The predicted molar refractivity (Wildman–Crippen MR) is 215 cm³/mol. The fourth-order valence-electron chi connectivity index (χ4n) is 5.99. The van der Waals surface area contributed by atoms with Gasteiger partial charge in [-0.25, -0.2) is 0 Å². The Morgan fingerprint density at radius 2 is 0.655 bits per heavy atom. The average Bonchev–Trinajstić information content (AvgIpc) is 3.17. The summed E-state index contributed by atoms with van der Waals surface area (Å²) in [6, 6.07) is 0. The zero-order chi connectivity index (χ0) is 40.6. The summed E-state index contributed by atoms with van der Waals surface area (Å²) < 4.78 is 27.0. The molecule has 1 atom stereocenters. The van der Waals surface area contributed by atoms with Gasteiger partial charge < -0.3 is 28.8 Å². The first kappa shape index (κ1) is 52.3. The fraction of sp³-hybridized carbons (Fsp3) is 0.886. The van der Waals surface area contributed by atoms with E-state index in [1.54, 1.807) is 0 Å². The van der Waals surface area contributed by atoms with E-state index in [0.29, 0.717) is 45.1 Å². The Bertz CT molecular complexity index is 924. The Balaban J connectivity index is 4.28. The van der Waals surface area contributed by atoms with Crippen LogP contribution in [0.2, 0.25) is 0 Å². The molecule has 1 N–H and O–H groups in total. The highest BCUT2D eigenvalue weighted by Gasteiger charge is 2.18. The van der Waals surface area contributed by atoms with Gasteiger partial charge in [0, 0.05) is 38.0 Å². The molecule has 0 rings (SSSR count). The SMILES string of the molecule is CCCCCCCCOC(=O)CCCCCCCC(=O)OCC(CO)COC(=O)CCCC(COC(=O)CCCCCCC)COC(=O)CCCCCCC. The molecule has 0 heterocycles. The second kappa shape index (κ2) is 39.5. The van der Waals surface area contributed by atoms with E-state index < -0.39 is 11.9 Å². The Labute approximate surface area is 334 Å². The van der Waals surface area contributed by atoms with Crippen LogP contribution in [0.3, 0.4) is 0 Å². The van der Waals surface area contributed by atoms with Gasteiger partial charge in [0.25, 0.3) is 0 Å². The zero-order valence-electron chi connectivity index (χ0n) is 35.2. The Hall–Kier alpha value is -2.69. The largest absolute Gasteiger partial charge is 0.466 e. The van der Waals surface area contributed by atoms with Gasteiger partial charge in [0.05, 0.1) is 45.6 Å². The molecule has 0 amide bonds. The van der Waals surface area contributed by atoms with Gasteiger partial charge in [-0.1, -0.05) is 124 Å². The molecule has 11 heteroatoms. The lowest BCUT2D eigenvalue weighted by Gasteiger charge is -2.18. The highest BCUT2D eigenvalue weighted by molar-refractivity contribution is 5.70. The van der Waals surface area contributed by atoms with E-state index in [2.05, 4.69) is 20.8 Å². The van der Waals surface area contributed by atoms with Crippen molar-refractivity contribution < 1.29 is 52.8 Å². The summed E-state index contributed by atoms with van der Waals surface area (Å²) in [4.78, 5) is 61.2. The number of aliphatic hydroxyl groups excluding tert-OH is 1. The van der Waals surface area contributed by atoms with Crippen molar-refractivity contribution in [1.82, 2.24) is 0 Å². The smallest absolute Gasteiger partial charge is 0.305 e. The minimum atomic E-state index is -0.524. The van der Waals surface area contributed by atoms with Crippen LogP contribution in [0.25, 0.3) is 0 Å². The van der Waals surface area contributed by atoms with Crippen molar-refractivity contribution in [1.29, 1.82) is 0 Å². The van der Waals surface area contributed by atoms with Crippen molar-refractivity contribution >= 4 is 29.8 Å². The van der Waals surface area contributed by atoms with Crippen molar-refractivity contribution in [2.75, 3.05) is 39.6 Å². The van der Waals surface area contributed by atoms with Gasteiger partial charge in [0.2, 0.25) is 0 Å². The molecule has 0 aromatic rings. The Kier molecular flexibility index (Phi) is 37.6. The third kappa shape index (κ3) is 36.7. The number of esters is 5. The van der Waals surface area contributed by atoms with Crippen LogP contribution in [0.1, 0.15) is 201 Å². The molecule has 0 radical (unpaired) electrons. The topological polar surface area (TPSA) is 152 Å². The molecule has 0 bridgehead atoms. The molecule has 322 valence electrons. The predicted octanol–water partition coefficient (Wildman–Crippen LogP) is 9.91. The standard InChI is InChI=1S/C44H80O11/c1-4-7-10-13-19-24-32-51-40(46)27-22-17-14-18-23-30-43(49)54-36-39(33-45)37-55-44(50)31-25-26-38(34-52-41(47)28-20-15-11-8-5-2)35-53-42(48)29-21-16-12-9-6-3/h38-39,45H,4-37H2,1-3H3. The van der Waals surface area contributed by atoms with E-state index >= 15 is 0 Å². The summed E-state index contributed by atoms with van der Waals surface area (Å²) in [6.07, 6.45) is 23.9. The molecule has 11 nitrogen and oxygen atoms in total. The highest BCUT2D eigenvalue weighted by atomic mass is 16.6. The number of carbonyl (C=O) groups is 5. The molecule has 55 heavy (non-hydrogen) atoms. The van der Waals surface area contributed by atoms with Crippen molar-refractivity contribution in [2.45, 2.75) is 201 Å². The van der Waals surface area contributed by atoms with Crippen LogP contribution in [0.15, 0.2) is 0 Å². The van der Waals surface area contributed by atoms with Gasteiger partial charge in [-0.15, -0.1) is 0 Å². The maximum absolute atomic E-state index is 12.5. The minimum Gasteiger partial charge on any atom is -0.466 e. The molecule has 1 unspecified atom stereocenters. The molecule has 0 spiro atoms. The third-order valence-corrected chi connectivity index (χ3v) is 9.66. The maximum Gasteiger partial charge on any atom is 0.305 e. The monoisotopic (exact) mass is 785 g/mol. The first-order chi connectivity index (χ1) is 26.7. The van der Waals surface area contributed by atoms with E-state index in [-0.39, 0.29) is 75.7 Å². The number of carbonyl (C=O) groups excluding carboxylic acids is 5. The lowest BCUT2D eigenvalue weighted by molar-refractivity contribution is -0.152. The van der Waals surface area contributed by atoms with Gasteiger partial charge in [0.1, 0.15) is 0 Å². The zero-order valence-corrected chi connectivity index (χ0v) is 35.2. The molecular formula is C44H80O11. The lowest BCUT2D eigenvalue weighted by Crippen LogP contribution is -2.24. The molecule has 0 fully saturated rings. The third-order valence-electron chi connectivity index (χ3n) is 9.66. The first-order valence-electron chi connectivity index (χ1n) is 22.1. The number of hydrogen-bond donors (Lipinski definition) is 1. The van der Waals surface area contributed by atoms with Crippen LogP contribution < -0.4 is 0 Å². The van der Waals surface area contributed by atoms with Gasteiger partial charge in [-0.05, 0) is 44.9 Å². The summed E-state index contributed by atoms with van der Waals surface area (Å²) in [7, 11) is 0. The minimum absolute atomic E-state index is 0.0422. The summed E-state index contributed by atoms with van der Waals surface area (Å²) in [5.41, 5.74) is 0. The van der Waals surface area contributed by atoms with Crippen LogP contribution in [0, 0.1) is 11.8 Å². The summed E-state index contributed by atoms with van der Waals surface area (Å²) in [5, 5.41) is 9.73. The van der Waals surface area contributed by atoms with Crippen molar-refractivity contribution in [3.8, 4) is 0 Å². The normalized spacial score (nSPS) is 11.7. The molecular weight excluding hydrogens is 704 g/mol. The van der Waals surface area contributed by atoms with Crippen molar-refractivity contribution in [3.63, 3.8) is 0 Å². The second-order valence-corrected chi connectivity index (χ2v) is 15.1. The fourth-order valence-corrected chi connectivity index (χ4v) is 5.99. The van der Waals surface area contributed by atoms with Crippen molar-refractivity contribution in [3.05, 3.63) is 0 Å². The molecule has 0 saturated carbocycles. The van der Waals surface area contributed by atoms with Gasteiger partial charge in [-0.3, -0.25) is 24.0 Å². The summed E-state index contributed by atoms with van der Waals surface area (Å²) in [6.45, 7) is 6.84. The Morgan fingerprint density at radius 1 is 0.364 bits per heavy atom. The van der Waals surface area contributed by atoms with E-state index in [0.717, 1.165) is 103 Å². The van der Waals surface area contributed by atoms with Gasteiger partial charge in [0.15, 0.2) is 0 Å². The summed E-state index contributed by atoms with van der Waals surface area (Å²) >= 11 is 0. The first-order valence-corrected chi connectivity index (χ1v) is 22.1. The molecule has 0 aliphatic heterocycles. The van der Waals surface area contributed by atoms with Gasteiger partial charge in [-0.2, -0.15) is 0 Å². The van der Waals surface area contributed by atoms with E-state index in [4.69, 9.17) is 23.7 Å². The molecule has 0 aromatic carbocycles. The number of rotatable bonds is 40. The number of unbranched alkanes of at least 4 members (excludes halogenated alkanes) is 17. The lowest BCUT2D eigenvalue weighted by atomic mass is 10.0. The van der Waals surface area contributed by atoms with Crippen LogP contribution in [-0.2, 0) is 47.7 Å². The van der Waals surface area contributed by atoms with Crippen molar-refractivity contribution in [2.24, 2.45) is 11.8 Å². The quantitative estimate of drug-likeness (QED) is 0.0359. The van der Waals surface area contributed by atoms with Crippen LogP contribution in [0.5, 0.6) is 0 Å². The maximum atomic E-state index is 12.5. The molecule has 0 aliphatic rings. The number of ether oxygens (including phenoxy) is 5.